The van der Waals surface area contributed by atoms with E-state index in [2.05, 4.69) is 153 Å². The minimum absolute atomic E-state index is 0.0479. The van der Waals surface area contributed by atoms with Crippen LogP contribution in [0.2, 0.25) is 0 Å². The lowest BCUT2D eigenvalue weighted by Gasteiger charge is -2.34. The molecular weight excluding hydrogens is 579 g/mol. The topological polar surface area (TPSA) is 29.0 Å². The maximum Gasteiger partial charge on any atom is 0.108 e. The van der Waals surface area contributed by atoms with Gasteiger partial charge >= 0.3 is 0 Å². The van der Waals surface area contributed by atoms with Crippen LogP contribution >= 0.6 is 11.3 Å². The molecule has 3 nitrogen and oxygen atoms in total. The van der Waals surface area contributed by atoms with Gasteiger partial charge in [0.1, 0.15) is 11.0 Å². The third-order valence-electron chi connectivity index (χ3n) is 11.1. The summed E-state index contributed by atoms with van der Waals surface area (Å²) in [5.74, 6) is 0.457. The molecule has 1 fully saturated rings. The number of rotatable bonds is 5. The van der Waals surface area contributed by atoms with Crippen molar-refractivity contribution in [2.75, 3.05) is 4.90 Å². The number of fused-ring (bicyclic) bond motifs is 7. The molecule has 2 aliphatic carbocycles. The van der Waals surface area contributed by atoms with Gasteiger partial charge in [-0.1, -0.05) is 106 Å². The molecule has 0 saturated heterocycles. The summed E-state index contributed by atoms with van der Waals surface area (Å²) in [4.78, 5) is 15.8. The molecule has 2 unspecified atom stereocenters. The quantitative estimate of drug-likeness (QED) is 0.193. The molecule has 224 valence electrons. The summed E-state index contributed by atoms with van der Waals surface area (Å²) in [6, 6.07) is 45.6. The van der Waals surface area contributed by atoms with Crippen LogP contribution in [-0.4, -0.2) is 9.97 Å². The molecule has 0 aliphatic heterocycles. The molecular formula is C42H35N3S. The van der Waals surface area contributed by atoms with Gasteiger partial charge in [-0.2, -0.15) is 0 Å². The first kappa shape index (κ1) is 27.5. The third-order valence-corrected chi connectivity index (χ3v) is 12.3. The van der Waals surface area contributed by atoms with Crippen molar-refractivity contribution in [2.45, 2.75) is 44.9 Å². The Kier molecular flexibility index (Phi) is 6.04. The Morgan fingerprint density at radius 3 is 1.87 bits per heavy atom. The third kappa shape index (κ3) is 3.96. The average molecular weight is 614 g/mol. The van der Waals surface area contributed by atoms with Crippen LogP contribution < -0.4 is 4.90 Å². The molecule has 2 aliphatic rings. The summed E-state index contributed by atoms with van der Waals surface area (Å²) < 4.78 is 0. The van der Waals surface area contributed by atoms with E-state index in [-0.39, 0.29) is 10.8 Å². The lowest BCUT2D eigenvalue weighted by Crippen LogP contribution is -2.31. The Bertz CT molecular complexity index is 2210. The summed E-state index contributed by atoms with van der Waals surface area (Å²) in [7, 11) is 0. The molecule has 46 heavy (non-hydrogen) atoms. The van der Waals surface area contributed by atoms with Gasteiger partial charge in [0.05, 0.1) is 21.1 Å². The van der Waals surface area contributed by atoms with Crippen molar-refractivity contribution in [3.8, 4) is 20.9 Å². The van der Waals surface area contributed by atoms with E-state index in [0.29, 0.717) is 5.92 Å². The van der Waals surface area contributed by atoms with Gasteiger partial charge in [-0.15, -0.1) is 11.3 Å². The van der Waals surface area contributed by atoms with Gasteiger partial charge in [-0.25, -0.2) is 9.97 Å². The number of hydrogen-bond donors (Lipinski definition) is 0. The Labute approximate surface area is 274 Å². The molecule has 2 heterocycles. The molecule has 5 aromatic carbocycles. The normalized spacial score (nSPS) is 19.5. The van der Waals surface area contributed by atoms with Crippen molar-refractivity contribution >= 4 is 50.2 Å². The highest BCUT2D eigenvalue weighted by Crippen LogP contribution is 2.67. The number of nitrogens with zero attached hydrogens (tertiary/aromatic N) is 3. The maximum atomic E-state index is 5.58. The van der Waals surface area contributed by atoms with Gasteiger partial charge in [-0.3, -0.25) is 0 Å². The van der Waals surface area contributed by atoms with Gasteiger partial charge < -0.3 is 4.90 Å². The van der Waals surface area contributed by atoms with Gasteiger partial charge in [0.15, 0.2) is 0 Å². The van der Waals surface area contributed by atoms with Crippen LogP contribution in [0, 0.1) is 5.41 Å². The first-order chi connectivity index (χ1) is 22.4. The van der Waals surface area contributed by atoms with E-state index in [4.69, 9.17) is 9.97 Å². The van der Waals surface area contributed by atoms with Crippen LogP contribution in [0.25, 0.3) is 42.7 Å². The maximum absolute atomic E-state index is 5.58. The van der Waals surface area contributed by atoms with Crippen LogP contribution in [0.15, 0.2) is 127 Å². The first-order valence-electron chi connectivity index (χ1n) is 16.3. The summed E-state index contributed by atoms with van der Waals surface area (Å²) in [6.07, 6.45) is 2.37. The van der Waals surface area contributed by atoms with Crippen molar-refractivity contribution in [2.24, 2.45) is 5.41 Å². The van der Waals surface area contributed by atoms with Gasteiger partial charge in [0.25, 0.3) is 0 Å². The van der Waals surface area contributed by atoms with Crippen molar-refractivity contribution < 1.29 is 0 Å². The summed E-state index contributed by atoms with van der Waals surface area (Å²) in [5.41, 5.74) is 10.5. The average Bonchev–Trinajstić information content (AvgIpc) is 3.64. The van der Waals surface area contributed by atoms with Crippen LogP contribution in [0.4, 0.5) is 17.1 Å². The van der Waals surface area contributed by atoms with E-state index >= 15 is 0 Å². The zero-order chi connectivity index (χ0) is 31.0. The van der Waals surface area contributed by atoms with Crippen molar-refractivity contribution in [3.63, 3.8) is 0 Å². The summed E-state index contributed by atoms with van der Waals surface area (Å²) in [5, 5.41) is 2.50. The van der Waals surface area contributed by atoms with E-state index in [0.717, 1.165) is 28.1 Å². The number of aromatic nitrogens is 2. The molecule has 0 N–H and O–H groups in total. The second kappa shape index (κ2) is 10.1. The van der Waals surface area contributed by atoms with Crippen molar-refractivity contribution in [1.82, 2.24) is 9.97 Å². The second-order valence-electron chi connectivity index (χ2n) is 13.7. The summed E-state index contributed by atoms with van der Waals surface area (Å²) >= 11 is 1.83. The Hall–Kier alpha value is -4.80. The molecule has 0 radical (unpaired) electrons. The van der Waals surface area contributed by atoms with E-state index in [9.17, 15) is 0 Å². The SMILES string of the molecule is CC12CCC(c3nc4c(-c5ccc6ccccc6c5)sc(-c5ccc(N(c6ccccc6)c6ccccc6)cc5)c4nc31)C2(C)C. The smallest absolute Gasteiger partial charge is 0.108 e. The Balaban J connectivity index is 1.22. The van der Waals surface area contributed by atoms with Crippen LogP contribution in [0.5, 0.6) is 0 Å². The predicted molar refractivity (Wildman–Crippen MR) is 194 cm³/mol. The van der Waals surface area contributed by atoms with Crippen LogP contribution in [-0.2, 0) is 5.41 Å². The highest BCUT2D eigenvalue weighted by Gasteiger charge is 2.61. The minimum Gasteiger partial charge on any atom is -0.311 e. The number of hydrogen-bond acceptors (Lipinski definition) is 4. The Morgan fingerprint density at radius 1 is 0.609 bits per heavy atom. The van der Waals surface area contributed by atoms with Crippen LogP contribution in [0.3, 0.4) is 0 Å². The lowest BCUT2D eigenvalue weighted by molar-refractivity contribution is 0.227. The molecule has 2 atom stereocenters. The van der Waals surface area contributed by atoms with Gasteiger partial charge in [0.2, 0.25) is 0 Å². The molecule has 7 aromatic rings. The van der Waals surface area contributed by atoms with E-state index in [1.807, 2.05) is 11.3 Å². The zero-order valence-corrected chi connectivity index (χ0v) is 27.2. The highest BCUT2D eigenvalue weighted by molar-refractivity contribution is 7.20. The monoisotopic (exact) mass is 613 g/mol. The number of para-hydroxylation sites is 2. The fourth-order valence-electron chi connectivity index (χ4n) is 8.10. The number of benzene rings is 5. The molecule has 2 bridgehead atoms. The molecule has 2 aromatic heterocycles. The zero-order valence-electron chi connectivity index (χ0n) is 26.4. The van der Waals surface area contributed by atoms with E-state index < -0.39 is 0 Å². The molecule has 0 spiro atoms. The molecule has 0 amide bonds. The fourth-order valence-corrected chi connectivity index (χ4v) is 9.28. The van der Waals surface area contributed by atoms with Gasteiger partial charge in [-0.05, 0) is 82.6 Å². The minimum atomic E-state index is 0.0479. The van der Waals surface area contributed by atoms with Crippen molar-refractivity contribution in [1.29, 1.82) is 0 Å². The summed E-state index contributed by atoms with van der Waals surface area (Å²) in [6.45, 7) is 7.28. The molecule has 9 rings (SSSR count). The molecule has 4 heteroatoms. The van der Waals surface area contributed by atoms with E-state index in [1.54, 1.807) is 0 Å². The number of anilines is 3. The molecule has 1 saturated carbocycles. The second-order valence-corrected chi connectivity index (χ2v) is 14.7. The van der Waals surface area contributed by atoms with Crippen LogP contribution in [0.1, 0.15) is 50.9 Å². The highest BCUT2D eigenvalue weighted by atomic mass is 32.1. The van der Waals surface area contributed by atoms with E-state index in [1.165, 1.54) is 55.9 Å². The number of thiophene rings is 1. The Morgan fingerprint density at radius 2 is 1.17 bits per heavy atom. The largest absolute Gasteiger partial charge is 0.311 e. The fraction of sp³-hybridized carbons (Fsp3) is 0.190. The standard InChI is InChI=1S/C42H35N3S/c1-41(2)34-24-25-42(41,3)40-35(34)43-36-37(44-40)38(46-39(36)30-19-18-27-12-10-11-13-29(27)26-30)28-20-22-33(23-21-28)45(31-14-6-4-7-15-31)32-16-8-5-9-17-32/h4-23,26,34H,24-25H2,1-3H3. The lowest BCUT2D eigenvalue weighted by atomic mass is 9.70. The predicted octanol–water partition coefficient (Wildman–Crippen LogP) is 11.8. The first-order valence-corrected chi connectivity index (χ1v) is 17.1. The van der Waals surface area contributed by atoms with Gasteiger partial charge in [0, 0.05) is 28.4 Å². The van der Waals surface area contributed by atoms with Crippen molar-refractivity contribution in [3.05, 3.63) is 139 Å².